The van der Waals surface area contributed by atoms with Crippen molar-refractivity contribution in [1.82, 2.24) is 9.80 Å². The van der Waals surface area contributed by atoms with Crippen LogP contribution in [0.1, 0.15) is 45.6 Å². The molecule has 0 amide bonds. The van der Waals surface area contributed by atoms with Crippen LogP contribution in [-0.4, -0.2) is 66.4 Å². The number of halogens is 1. The van der Waals surface area contributed by atoms with Gasteiger partial charge in [-0.2, -0.15) is 0 Å². The average molecular weight is 423 g/mol. The van der Waals surface area contributed by atoms with Gasteiger partial charge in [-0.3, -0.25) is 9.80 Å². The lowest BCUT2D eigenvalue weighted by Crippen LogP contribution is -2.49. The maximum Gasteiger partial charge on any atom is 0.0900 e. The smallest absolute Gasteiger partial charge is 0.0900 e. The predicted octanol–water partition coefficient (Wildman–Crippen LogP) is 4.30. The highest BCUT2D eigenvalue weighted by atomic mass is 35.5. The molecular weight excluding hydrogens is 384 g/mol. The maximum absolute atomic E-state index is 10.6. The van der Waals surface area contributed by atoms with Crippen molar-refractivity contribution >= 4 is 11.6 Å². The van der Waals surface area contributed by atoms with Gasteiger partial charge >= 0.3 is 0 Å². The number of β-amino-alcohol motifs (C(OH)–C–C–N with tert-alkyl or cyclic N) is 1. The maximum atomic E-state index is 10.6. The van der Waals surface area contributed by atoms with Crippen molar-refractivity contribution in [3.63, 3.8) is 0 Å². The third-order valence-corrected chi connectivity index (χ3v) is 6.97. The molecule has 1 heterocycles. The average Bonchev–Trinajstić information content (AvgIpc) is 2.69. The summed E-state index contributed by atoms with van der Waals surface area (Å²) >= 11 is 5.97. The van der Waals surface area contributed by atoms with Gasteiger partial charge in [0.15, 0.2) is 0 Å². The van der Waals surface area contributed by atoms with Crippen LogP contribution in [-0.2, 0) is 11.3 Å². The van der Waals surface area contributed by atoms with Gasteiger partial charge in [-0.1, -0.05) is 50.9 Å². The molecule has 1 aromatic rings. The number of ether oxygens (including phenoxy) is 1. The normalized spacial score (nSPS) is 28.0. The van der Waals surface area contributed by atoms with Gasteiger partial charge in [0.1, 0.15) is 0 Å². The lowest BCUT2D eigenvalue weighted by atomic mass is 9.75. The quantitative estimate of drug-likeness (QED) is 0.677. The van der Waals surface area contributed by atoms with E-state index in [1.165, 1.54) is 18.4 Å². The zero-order chi connectivity index (χ0) is 20.8. The minimum atomic E-state index is -0.400. The number of nitrogens with zero attached hydrogens (tertiary/aromatic N) is 2. The largest absolute Gasteiger partial charge is 0.389 e. The van der Waals surface area contributed by atoms with Gasteiger partial charge in [-0.15, -0.1) is 0 Å². The van der Waals surface area contributed by atoms with Crippen LogP contribution >= 0.6 is 11.6 Å². The monoisotopic (exact) mass is 422 g/mol. The van der Waals surface area contributed by atoms with Gasteiger partial charge in [-0.05, 0) is 48.3 Å². The van der Waals surface area contributed by atoms with Crippen molar-refractivity contribution in [1.29, 1.82) is 0 Å². The Kier molecular flexibility index (Phi) is 8.82. The zero-order valence-corrected chi connectivity index (χ0v) is 19.2. The molecule has 4 atom stereocenters. The molecule has 164 valence electrons. The molecule has 3 rings (SSSR count). The van der Waals surface area contributed by atoms with E-state index in [0.717, 1.165) is 50.1 Å². The van der Waals surface area contributed by atoms with Crippen LogP contribution in [0.4, 0.5) is 0 Å². The standard InChI is InChI=1S/C24H39ClN2O2/c1-18(2)23-9-4-19(3)14-24(23)29-17-22(28)16-27-12-10-26(11-13-27)15-20-5-7-21(25)8-6-20/h5-8,18-19,22-24,28H,4,9-17H2,1-3H3/t19-,22+,23-,24+/m1/s1. The summed E-state index contributed by atoms with van der Waals surface area (Å²) < 4.78 is 6.24. The molecule has 1 aliphatic carbocycles. The molecule has 0 radical (unpaired) electrons. The molecule has 4 nitrogen and oxygen atoms in total. The third-order valence-electron chi connectivity index (χ3n) is 6.72. The van der Waals surface area contributed by atoms with Crippen molar-refractivity contribution in [2.45, 2.75) is 58.8 Å². The van der Waals surface area contributed by atoms with E-state index in [1.54, 1.807) is 0 Å². The molecule has 2 aliphatic rings. The van der Waals surface area contributed by atoms with E-state index in [9.17, 15) is 5.11 Å². The molecular formula is C24H39ClN2O2. The van der Waals surface area contributed by atoms with Crippen molar-refractivity contribution in [3.05, 3.63) is 34.9 Å². The Morgan fingerprint density at radius 1 is 1.07 bits per heavy atom. The van der Waals surface area contributed by atoms with E-state index in [4.69, 9.17) is 16.3 Å². The summed E-state index contributed by atoms with van der Waals surface area (Å²) in [5.41, 5.74) is 1.30. The molecule has 29 heavy (non-hydrogen) atoms. The van der Waals surface area contributed by atoms with Crippen molar-refractivity contribution in [3.8, 4) is 0 Å². The van der Waals surface area contributed by atoms with E-state index < -0.39 is 6.10 Å². The minimum absolute atomic E-state index is 0.310. The van der Waals surface area contributed by atoms with Crippen LogP contribution in [0.25, 0.3) is 0 Å². The molecule has 1 aromatic carbocycles. The van der Waals surface area contributed by atoms with Gasteiger partial charge in [0, 0.05) is 44.3 Å². The first kappa shape index (κ1) is 23.0. The minimum Gasteiger partial charge on any atom is -0.389 e. The summed E-state index contributed by atoms with van der Waals surface area (Å²) in [6, 6.07) is 8.12. The second kappa shape index (κ2) is 11.1. The number of hydrogen-bond donors (Lipinski definition) is 1. The number of hydrogen-bond acceptors (Lipinski definition) is 4. The first-order chi connectivity index (χ1) is 13.9. The van der Waals surface area contributed by atoms with Gasteiger partial charge in [-0.25, -0.2) is 0 Å². The molecule has 1 saturated heterocycles. The highest BCUT2D eigenvalue weighted by Gasteiger charge is 2.32. The molecule has 1 saturated carbocycles. The van der Waals surface area contributed by atoms with Crippen LogP contribution in [0.2, 0.25) is 5.02 Å². The Morgan fingerprint density at radius 2 is 1.72 bits per heavy atom. The zero-order valence-electron chi connectivity index (χ0n) is 18.4. The molecule has 0 aromatic heterocycles. The Hall–Kier alpha value is -0.650. The Morgan fingerprint density at radius 3 is 2.38 bits per heavy atom. The molecule has 1 aliphatic heterocycles. The number of benzene rings is 1. The third kappa shape index (κ3) is 7.22. The Labute approximate surface area is 182 Å². The Bertz CT molecular complexity index is 601. The van der Waals surface area contributed by atoms with E-state index >= 15 is 0 Å². The number of piperazine rings is 1. The van der Waals surface area contributed by atoms with Gasteiger partial charge in [0.25, 0.3) is 0 Å². The highest BCUT2D eigenvalue weighted by Crippen LogP contribution is 2.35. The van der Waals surface area contributed by atoms with Crippen LogP contribution in [0.5, 0.6) is 0 Å². The number of aliphatic hydroxyl groups excluding tert-OH is 1. The van der Waals surface area contributed by atoms with E-state index in [-0.39, 0.29) is 0 Å². The summed E-state index contributed by atoms with van der Waals surface area (Å²) in [6.45, 7) is 13.1. The number of aliphatic hydroxyl groups is 1. The molecule has 2 fully saturated rings. The van der Waals surface area contributed by atoms with Crippen LogP contribution in [0, 0.1) is 17.8 Å². The van der Waals surface area contributed by atoms with Crippen molar-refractivity contribution in [2.75, 3.05) is 39.3 Å². The van der Waals surface area contributed by atoms with E-state index in [0.29, 0.717) is 31.1 Å². The molecule has 0 bridgehead atoms. The molecule has 0 unspecified atom stereocenters. The van der Waals surface area contributed by atoms with Crippen LogP contribution < -0.4 is 0 Å². The first-order valence-corrected chi connectivity index (χ1v) is 11.8. The second-order valence-corrected chi connectivity index (χ2v) is 9.99. The SMILES string of the molecule is CC(C)[C@H]1CC[C@@H](C)C[C@@H]1OC[C@@H](O)CN1CCN(Cc2ccc(Cl)cc2)CC1. The summed E-state index contributed by atoms with van der Waals surface area (Å²) in [7, 11) is 0. The van der Waals surface area contributed by atoms with Crippen LogP contribution in [0.3, 0.4) is 0 Å². The van der Waals surface area contributed by atoms with Crippen LogP contribution in [0.15, 0.2) is 24.3 Å². The topological polar surface area (TPSA) is 35.9 Å². The number of rotatable bonds is 8. The summed E-state index contributed by atoms with van der Waals surface area (Å²) in [5, 5.41) is 11.3. The molecule has 5 heteroatoms. The fraction of sp³-hybridized carbons (Fsp3) is 0.750. The van der Waals surface area contributed by atoms with Gasteiger partial charge in [0.2, 0.25) is 0 Å². The fourth-order valence-electron chi connectivity index (χ4n) is 4.87. The first-order valence-electron chi connectivity index (χ1n) is 11.4. The van der Waals surface area contributed by atoms with Crippen molar-refractivity contribution in [2.24, 2.45) is 17.8 Å². The van der Waals surface area contributed by atoms with Gasteiger partial charge < -0.3 is 9.84 Å². The van der Waals surface area contributed by atoms with E-state index in [1.807, 2.05) is 12.1 Å². The molecule has 1 N–H and O–H groups in total. The lowest BCUT2D eigenvalue weighted by Gasteiger charge is -2.38. The summed E-state index contributed by atoms with van der Waals surface area (Å²) in [6.07, 6.45) is 3.62. The predicted molar refractivity (Wildman–Crippen MR) is 120 cm³/mol. The lowest BCUT2D eigenvalue weighted by molar-refractivity contribution is -0.0755. The molecule has 0 spiro atoms. The fourth-order valence-corrected chi connectivity index (χ4v) is 5.00. The highest BCUT2D eigenvalue weighted by molar-refractivity contribution is 6.30. The van der Waals surface area contributed by atoms with E-state index in [2.05, 4.69) is 42.7 Å². The summed E-state index contributed by atoms with van der Waals surface area (Å²) in [5.74, 6) is 2.02. The van der Waals surface area contributed by atoms with Crippen molar-refractivity contribution < 1.29 is 9.84 Å². The Balaban J connectivity index is 1.37. The second-order valence-electron chi connectivity index (χ2n) is 9.55. The van der Waals surface area contributed by atoms with Gasteiger partial charge in [0.05, 0.1) is 18.8 Å². The summed E-state index contributed by atoms with van der Waals surface area (Å²) in [4.78, 5) is 4.84.